The summed E-state index contributed by atoms with van der Waals surface area (Å²) in [7, 11) is 3.24. The van der Waals surface area contributed by atoms with Crippen LogP contribution in [0.1, 0.15) is 39.5 Å². The minimum Gasteiger partial charge on any atom is -0.468 e. The van der Waals surface area contributed by atoms with Crippen LogP contribution in [0.15, 0.2) is 0 Å². The van der Waals surface area contributed by atoms with Crippen molar-refractivity contribution in [3.63, 3.8) is 0 Å². The second-order valence-corrected chi connectivity index (χ2v) is 6.90. The molecule has 2 fully saturated rings. The number of esters is 1. The van der Waals surface area contributed by atoms with Crippen molar-refractivity contribution in [3.05, 3.63) is 0 Å². The lowest BCUT2D eigenvalue weighted by atomic mass is 9.92. The Morgan fingerprint density at radius 2 is 2.10 bits per heavy atom. The number of hydrogen-bond donors (Lipinski definition) is 1. The lowest BCUT2D eigenvalue weighted by molar-refractivity contribution is -0.149. The van der Waals surface area contributed by atoms with Crippen LogP contribution < -0.4 is 5.32 Å². The molecule has 0 amide bonds. The van der Waals surface area contributed by atoms with Gasteiger partial charge in [0.05, 0.1) is 13.7 Å². The van der Waals surface area contributed by atoms with Crippen molar-refractivity contribution in [1.29, 1.82) is 0 Å². The van der Waals surface area contributed by atoms with Crippen molar-refractivity contribution in [2.45, 2.75) is 57.2 Å². The Morgan fingerprint density at radius 3 is 2.67 bits per heavy atom. The molecular weight excluding hydrogens is 268 g/mol. The summed E-state index contributed by atoms with van der Waals surface area (Å²) >= 11 is 0. The molecule has 1 aliphatic carbocycles. The molecule has 2 aliphatic rings. The Balaban J connectivity index is 1.91. The molecule has 1 aliphatic heterocycles. The van der Waals surface area contributed by atoms with Crippen LogP contribution in [0.4, 0.5) is 0 Å². The minimum atomic E-state index is -0.575. The van der Waals surface area contributed by atoms with Crippen LogP contribution in [0.5, 0.6) is 0 Å². The molecular formula is C16H30N2O3. The lowest BCUT2D eigenvalue weighted by Crippen LogP contribution is -2.54. The first-order valence-electron chi connectivity index (χ1n) is 8.07. The quantitative estimate of drug-likeness (QED) is 0.687. The molecule has 0 radical (unpaired) electrons. The van der Waals surface area contributed by atoms with E-state index in [1.54, 1.807) is 7.11 Å². The summed E-state index contributed by atoms with van der Waals surface area (Å²) in [4.78, 5) is 14.7. The maximum atomic E-state index is 12.2. The summed E-state index contributed by atoms with van der Waals surface area (Å²) in [5.41, 5.74) is -0.575. The van der Waals surface area contributed by atoms with Gasteiger partial charge in [-0.15, -0.1) is 0 Å². The molecule has 5 nitrogen and oxygen atoms in total. The summed E-state index contributed by atoms with van der Waals surface area (Å²) < 4.78 is 10.3. The lowest BCUT2D eigenvalue weighted by Gasteiger charge is -2.34. The second kappa shape index (κ2) is 7.07. The van der Waals surface area contributed by atoms with Gasteiger partial charge in [0.1, 0.15) is 5.54 Å². The zero-order valence-electron chi connectivity index (χ0n) is 13.9. The summed E-state index contributed by atoms with van der Waals surface area (Å²) in [6.07, 6.45) is 4.31. The maximum absolute atomic E-state index is 12.2. The van der Waals surface area contributed by atoms with Gasteiger partial charge in [-0.1, -0.05) is 0 Å². The first-order valence-corrected chi connectivity index (χ1v) is 8.07. The highest BCUT2D eigenvalue weighted by Crippen LogP contribution is 2.28. The number of likely N-dealkylation sites (tertiary alicyclic amines) is 1. The van der Waals surface area contributed by atoms with Gasteiger partial charge in [0.2, 0.25) is 0 Å². The molecule has 1 saturated carbocycles. The zero-order valence-corrected chi connectivity index (χ0v) is 13.9. The normalized spacial score (nSPS) is 27.3. The summed E-state index contributed by atoms with van der Waals surface area (Å²) in [5, 5.41) is 3.48. The van der Waals surface area contributed by atoms with E-state index in [1.165, 1.54) is 26.4 Å². The largest absolute Gasteiger partial charge is 0.468 e. The third-order valence-corrected chi connectivity index (χ3v) is 4.78. The predicted octanol–water partition coefficient (Wildman–Crippen LogP) is 1.42. The third kappa shape index (κ3) is 4.41. The van der Waals surface area contributed by atoms with Gasteiger partial charge in [0.15, 0.2) is 0 Å². The number of rotatable bonds is 8. The van der Waals surface area contributed by atoms with Crippen molar-refractivity contribution in [2.75, 3.05) is 33.9 Å². The molecule has 0 spiro atoms. The van der Waals surface area contributed by atoms with E-state index in [-0.39, 0.29) is 5.97 Å². The first-order chi connectivity index (χ1) is 9.98. The Morgan fingerprint density at radius 1 is 1.38 bits per heavy atom. The molecule has 3 unspecified atom stereocenters. The molecule has 0 bridgehead atoms. The van der Waals surface area contributed by atoms with E-state index in [1.807, 2.05) is 6.92 Å². The molecule has 1 heterocycles. The van der Waals surface area contributed by atoms with E-state index in [0.29, 0.717) is 18.0 Å². The summed E-state index contributed by atoms with van der Waals surface area (Å²) in [6.45, 7) is 7.19. The Kier molecular flexibility index (Phi) is 5.63. The monoisotopic (exact) mass is 298 g/mol. The number of hydrogen-bond acceptors (Lipinski definition) is 5. The van der Waals surface area contributed by atoms with Gasteiger partial charge in [-0.2, -0.15) is 0 Å². The van der Waals surface area contributed by atoms with E-state index < -0.39 is 5.54 Å². The van der Waals surface area contributed by atoms with Gasteiger partial charge in [0.25, 0.3) is 0 Å². The molecule has 0 aromatic carbocycles. The fourth-order valence-corrected chi connectivity index (χ4v) is 3.46. The predicted molar refractivity (Wildman–Crippen MR) is 82.2 cm³/mol. The van der Waals surface area contributed by atoms with Gasteiger partial charge in [0, 0.05) is 25.7 Å². The van der Waals surface area contributed by atoms with Crippen LogP contribution in [-0.2, 0) is 14.3 Å². The van der Waals surface area contributed by atoms with Crippen LogP contribution in [0.2, 0.25) is 0 Å². The fraction of sp³-hybridized carbons (Fsp3) is 0.938. The van der Waals surface area contributed by atoms with E-state index in [9.17, 15) is 4.79 Å². The molecule has 3 atom stereocenters. The molecule has 0 aromatic rings. The van der Waals surface area contributed by atoms with E-state index in [0.717, 1.165) is 26.1 Å². The summed E-state index contributed by atoms with van der Waals surface area (Å²) in [6, 6.07) is 0.850. The maximum Gasteiger partial charge on any atom is 0.325 e. The molecule has 0 aromatic heterocycles. The fourth-order valence-electron chi connectivity index (χ4n) is 3.46. The Bertz CT molecular complexity index is 359. The highest BCUT2D eigenvalue weighted by Gasteiger charge is 2.41. The van der Waals surface area contributed by atoms with Gasteiger partial charge >= 0.3 is 5.97 Å². The van der Waals surface area contributed by atoms with E-state index in [2.05, 4.69) is 17.1 Å². The molecule has 122 valence electrons. The zero-order chi connectivity index (χ0) is 15.5. The highest BCUT2D eigenvalue weighted by atomic mass is 16.5. The average molecular weight is 298 g/mol. The van der Waals surface area contributed by atoms with Crippen molar-refractivity contribution in [3.8, 4) is 0 Å². The number of ether oxygens (including phenoxy) is 2. The summed E-state index contributed by atoms with van der Waals surface area (Å²) in [5.74, 6) is 0.479. The van der Waals surface area contributed by atoms with Gasteiger partial charge < -0.3 is 14.4 Å². The van der Waals surface area contributed by atoms with Crippen molar-refractivity contribution in [2.24, 2.45) is 5.92 Å². The van der Waals surface area contributed by atoms with Crippen LogP contribution in [0.3, 0.4) is 0 Å². The molecule has 21 heavy (non-hydrogen) atoms. The van der Waals surface area contributed by atoms with Gasteiger partial charge in [-0.3, -0.25) is 10.1 Å². The number of nitrogens with zero attached hydrogens (tertiary/aromatic N) is 1. The SMILES string of the molecule is COCC1CCN(C(C)CC(C)(NC2CC2)C(=O)OC)C1. The van der Waals surface area contributed by atoms with Crippen molar-refractivity contribution >= 4 is 5.97 Å². The smallest absolute Gasteiger partial charge is 0.325 e. The Labute approximate surface area is 128 Å². The van der Waals surface area contributed by atoms with Gasteiger partial charge in [-0.25, -0.2) is 0 Å². The van der Waals surface area contributed by atoms with Crippen LogP contribution in [0.25, 0.3) is 0 Å². The molecule has 1 saturated heterocycles. The number of nitrogens with one attached hydrogen (secondary N) is 1. The third-order valence-electron chi connectivity index (χ3n) is 4.78. The highest BCUT2D eigenvalue weighted by molar-refractivity contribution is 5.80. The second-order valence-electron chi connectivity index (χ2n) is 6.90. The number of carbonyl (C=O) groups is 1. The molecule has 2 rings (SSSR count). The van der Waals surface area contributed by atoms with Crippen LogP contribution in [-0.4, -0.2) is 62.4 Å². The van der Waals surface area contributed by atoms with Crippen LogP contribution in [0, 0.1) is 5.92 Å². The Hall–Kier alpha value is -0.650. The number of methoxy groups -OCH3 is 2. The van der Waals surface area contributed by atoms with Crippen molar-refractivity contribution < 1.29 is 14.3 Å². The van der Waals surface area contributed by atoms with Crippen LogP contribution >= 0.6 is 0 Å². The topological polar surface area (TPSA) is 50.8 Å². The standard InChI is InChI=1S/C16H30N2O3/c1-12(18-8-7-13(10-18)11-20-3)9-16(2,15(19)21-4)17-14-5-6-14/h12-14,17H,5-11H2,1-4H3. The molecule has 1 N–H and O–H groups in total. The molecule has 5 heteroatoms. The minimum absolute atomic E-state index is 0.145. The van der Waals surface area contributed by atoms with E-state index >= 15 is 0 Å². The first kappa shape index (κ1) is 16.7. The average Bonchev–Trinajstić information content (AvgIpc) is 3.12. The number of carbonyl (C=O) groups excluding carboxylic acids is 1. The van der Waals surface area contributed by atoms with Crippen molar-refractivity contribution in [1.82, 2.24) is 10.2 Å². The van der Waals surface area contributed by atoms with Gasteiger partial charge in [-0.05, 0) is 52.0 Å². The van der Waals surface area contributed by atoms with E-state index in [4.69, 9.17) is 9.47 Å².